The van der Waals surface area contributed by atoms with E-state index in [1.165, 1.54) is 193 Å². The summed E-state index contributed by atoms with van der Waals surface area (Å²) in [5, 5.41) is 0. The molecule has 0 fully saturated rings. The van der Waals surface area contributed by atoms with Crippen LogP contribution in [-0.4, -0.2) is 37.2 Å². The van der Waals surface area contributed by atoms with Gasteiger partial charge in [-0.1, -0.05) is 266 Å². The first-order chi connectivity index (χ1) is 29.8. The highest BCUT2D eigenvalue weighted by Crippen LogP contribution is 2.18. The second-order valence-corrected chi connectivity index (χ2v) is 19.6. The monoisotopic (exact) mass is 863 g/mol. The molecule has 0 aliphatic carbocycles. The lowest BCUT2D eigenvalue weighted by molar-refractivity contribution is -0.167. The average Bonchev–Trinajstić information content (AvgIpc) is 3.24. The summed E-state index contributed by atoms with van der Waals surface area (Å²) in [5.41, 5.74) is 0. The molecule has 0 radical (unpaired) electrons. The Morgan fingerprint density at radius 1 is 0.344 bits per heavy atom. The van der Waals surface area contributed by atoms with Crippen molar-refractivity contribution in [3.8, 4) is 0 Å². The third-order valence-corrected chi connectivity index (χ3v) is 12.8. The first-order valence-corrected chi connectivity index (χ1v) is 27.3. The predicted octanol–water partition coefficient (Wildman–Crippen LogP) is 17.7. The molecule has 0 bridgehead atoms. The Kier molecular flexibility index (Phi) is 46.6. The molecule has 0 N–H and O–H groups in total. The molecule has 61 heavy (non-hydrogen) atoms. The Bertz CT molecular complexity index is 933. The van der Waals surface area contributed by atoms with Gasteiger partial charge in [0.1, 0.15) is 13.2 Å². The highest BCUT2D eigenvalue weighted by Gasteiger charge is 2.19. The molecule has 0 aromatic rings. The Morgan fingerprint density at radius 2 is 0.623 bits per heavy atom. The largest absolute Gasteiger partial charge is 0.462 e. The minimum atomic E-state index is -0.761. The molecule has 0 aromatic carbocycles. The maximum absolute atomic E-state index is 12.8. The third kappa shape index (κ3) is 47.7. The van der Waals surface area contributed by atoms with Gasteiger partial charge in [0.05, 0.1) is 0 Å². The molecule has 0 aliphatic heterocycles. The van der Waals surface area contributed by atoms with Crippen LogP contribution >= 0.6 is 0 Å². The zero-order valence-electron chi connectivity index (χ0n) is 41.8. The highest BCUT2D eigenvalue weighted by molar-refractivity contribution is 5.71. The molecule has 0 spiro atoms. The zero-order valence-corrected chi connectivity index (χ0v) is 41.8. The number of unbranched alkanes of at least 4 members (excludes halogenated alkanes) is 33. The van der Waals surface area contributed by atoms with Crippen molar-refractivity contribution in [3.05, 3.63) is 0 Å². The van der Waals surface area contributed by atoms with E-state index in [1.54, 1.807) is 0 Å². The van der Waals surface area contributed by atoms with Crippen LogP contribution in [0.4, 0.5) is 0 Å². The number of carbonyl (C=O) groups excluding carboxylic acids is 3. The summed E-state index contributed by atoms with van der Waals surface area (Å²) >= 11 is 0. The van der Waals surface area contributed by atoms with E-state index in [9.17, 15) is 14.4 Å². The smallest absolute Gasteiger partial charge is 0.306 e. The molecule has 0 rings (SSSR count). The van der Waals surface area contributed by atoms with Crippen molar-refractivity contribution in [1.29, 1.82) is 0 Å². The van der Waals surface area contributed by atoms with Gasteiger partial charge in [-0.25, -0.2) is 0 Å². The number of carbonyl (C=O) groups is 3. The summed E-state index contributed by atoms with van der Waals surface area (Å²) in [4.78, 5) is 37.9. The quantitative estimate of drug-likeness (QED) is 0.0344. The Labute approximate surface area is 380 Å². The predicted molar refractivity (Wildman–Crippen MR) is 261 cm³/mol. The zero-order chi connectivity index (χ0) is 44.7. The maximum atomic E-state index is 12.8. The first kappa shape index (κ1) is 59.4. The summed E-state index contributed by atoms with van der Waals surface area (Å²) in [6.45, 7) is 11.4. The van der Waals surface area contributed by atoms with Gasteiger partial charge >= 0.3 is 17.9 Å². The number of esters is 3. The molecule has 0 saturated heterocycles. The van der Waals surface area contributed by atoms with Gasteiger partial charge in [-0.3, -0.25) is 14.4 Å². The van der Waals surface area contributed by atoms with E-state index >= 15 is 0 Å². The van der Waals surface area contributed by atoms with Crippen LogP contribution in [-0.2, 0) is 28.6 Å². The highest BCUT2D eigenvalue weighted by atomic mass is 16.6. The van der Waals surface area contributed by atoms with Crippen molar-refractivity contribution < 1.29 is 28.6 Å². The number of hydrogen-bond acceptors (Lipinski definition) is 6. The van der Waals surface area contributed by atoms with Gasteiger partial charge < -0.3 is 14.2 Å². The third-order valence-electron chi connectivity index (χ3n) is 12.8. The Hall–Kier alpha value is -1.59. The van der Waals surface area contributed by atoms with Crippen LogP contribution in [0.2, 0.25) is 0 Å². The molecule has 0 aliphatic rings. The van der Waals surface area contributed by atoms with Crippen molar-refractivity contribution in [2.24, 2.45) is 11.8 Å². The van der Waals surface area contributed by atoms with Crippen LogP contribution in [0.25, 0.3) is 0 Å². The number of ether oxygens (including phenoxy) is 3. The fourth-order valence-corrected chi connectivity index (χ4v) is 8.31. The van der Waals surface area contributed by atoms with E-state index in [2.05, 4.69) is 34.6 Å². The molecule has 0 amide bonds. The van der Waals surface area contributed by atoms with Crippen LogP contribution in [0.3, 0.4) is 0 Å². The molecule has 362 valence electrons. The van der Waals surface area contributed by atoms with E-state index in [1.807, 2.05) is 0 Å². The molecule has 6 heteroatoms. The first-order valence-electron chi connectivity index (χ1n) is 27.3. The maximum Gasteiger partial charge on any atom is 0.306 e. The van der Waals surface area contributed by atoms with Crippen LogP contribution in [0.1, 0.15) is 304 Å². The molecule has 2 atom stereocenters. The minimum Gasteiger partial charge on any atom is -0.462 e. The molecule has 1 unspecified atom stereocenters. The summed E-state index contributed by atoms with van der Waals surface area (Å²) in [5.74, 6) is 0.823. The lowest BCUT2D eigenvalue weighted by Crippen LogP contribution is -2.30. The molecular formula is C55H106O6. The fourth-order valence-electron chi connectivity index (χ4n) is 8.31. The van der Waals surface area contributed by atoms with E-state index in [0.717, 1.165) is 69.6 Å². The van der Waals surface area contributed by atoms with Crippen molar-refractivity contribution in [3.63, 3.8) is 0 Å². The topological polar surface area (TPSA) is 78.9 Å². The molecule has 0 saturated carbocycles. The summed E-state index contributed by atoms with van der Waals surface area (Å²) in [7, 11) is 0. The normalized spacial score (nSPS) is 12.5. The van der Waals surface area contributed by atoms with E-state index in [0.29, 0.717) is 19.3 Å². The second kappa shape index (κ2) is 47.9. The van der Waals surface area contributed by atoms with E-state index in [4.69, 9.17) is 14.2 Å². The van der Waals surface area contributed by atoms with E-state index < -0.39 is 6.10 Å². The van der Waals surface area contributed by atoms with Crippen LogP contribution in [0.15, 0.2) is 0 Å². The molecule has 0 heterocycles. The van der Waals surface area contributed by atoms with Crippen LogP contribution in [0, 0.1) is 11.8 Å². The van der Waals surface area contributed by atoms with Gasteiger partial charge in [0.15, 0.2) is 6.10 Å². The number of rotatable bonds is 49. The number of hydrogen-bond donors (Lipinski definition) is 0. The van der Waals surface area contributed by atoms with Gasteiger partial charge in [-0.05, 0) is 31.1 Å². The fraction of sp³-hybridized carbons (Fsp3) is 0.945. The van der Waals surface area contributed by atoms with Crippen molar-refractivity contribution in [2.75, 3.05) is 13.2 Å². The van der Waals surface area contributed by atoms with Crippen molar-refractivity contribution in [2.45, 2.75) is 310 Å². The van der Waals surface area contributed by atoms with Crippen LogP contribution in [0.5, 0.6) is 0 Å². The lowest BCUT2D eigenvalue weighted by atomic mass is 9.99. The van der Waals surface area contributed by atoms with Crippen LogP contribution < -0.4 is 0 Å². The summed E-state index contributed by atoms with van der Waals surface area (Å²) in [6, 6.07) is 0. The molecule has 0 aromatic heterocycles. The van der Waals surface area contributed by atoms with Gasteiger partial charge in [0.2, 0.25) is 0 Å². The van der Waals surface area contributed by atoms with Gasteiger partial charge in [-0.15, -0.1) is 0 Å². The molecule has 6 nitrogen and oxygen atoms in total. The van der Waals surface area contributed by atoms with E-state index in [-0.39, 0.29) is 31.1 Å². The lowest BCUT2D eigenvalue weighted by Gasteiger charge is -2.18. The van der Waals surface area contributed by atoms with Gasteiger partial charge in [0.25, 0.3) is 0 Å². The summed E-state index contributed by atoms with van der Waals surface area (Å²) in [6.07, 6.45) is 49.6. The summed E-state index contributed by atoms with van der Waals surface area (Å²) < 4.78 is 16.8. The Morgan fingerprint density at radius 3 is 0.934 bits per heavy atom. The van der Waals surface area contributed by atoms with Gasteiger partial charge in [0, 0.05) is 19.3 Å². The second-order valence-electron chi connectivity index (χ2n) is 19.6. The van der Waals surface area contributed by atoms with Gasteiger partial charge in [-0.2, -0.15) is 0 Å². The molecular weight excluding hydrogens is 757 g/mol. The SMILES string of the molecule is CCCCCCCCCCCCCCC(=O)O[C@@H](COC(=O)CCCCCCCCCCCCCCCCCCCCC(C)CC)COC(=O)CCCCCCCCC(C)C. The van der Waals surface area contributed by atoms with Crippen molar-refractivity contribution in [1.82, 2.24) is 0 Å². The standard InChI is InChI=1S/C55H106O6/c1-6-8-9-10-11-12-13-23-27-30-37-42-47-55(58)61-52(49-60-54(57)46-41-36-32-31-33-38-43-50(3)4)48-59-53(56)45-40-35-29-26-24-21-19-17-15-14-16-18-20-22-25-28-34-39-44-51(5)7-2/h50-52H,6-49H2,1-5H3/t51?,52-/m0/s1. The Balaban J connectivity index is 4.15. The van der Waals surface area contributed by atoms with Crippen molar-refractivity contribution >= 4 is 17.9 Å². The minimum absolute atomic E-state index is 0.0641. The average molecular weight is 863 g/mol.